The Hall–Kier alpha value is -1.98. The summed E-state index contributed by atoms with van der Waals surface area (Å²) in [4.78, 5) is 12.1. The first-order valence-corrected chi connectivity index (χ1v) is 8.08. The number of amides is 1. The molecule has 0 saturated heterocycles. The van der Waals surface area contributed by atoms with Gasteiger partial charge in [0.05, 0.1) is 5.69 Å². The molecule has 3 nitrogen and oxygen atoms in total. The molecule has 0 aromatic heterocycles. The Morgan fingerprint density at radius 1 is 1.17 bits per heavy atom. The number of hydrogen-bond donors (Lipinski definition) is 2. The van der Waals surface area contributed by atoms with Crippen molar-refractivity contribution in [3.05, 3.63) is 64.7 Å². The van der Waals surface area contributed by atoms with Gasteiger partial charge in [0.1, 0.15) is 17.7 Å². The van der Waals surface area contributed by atoms with E-state index in [1.807, 2.05) is 19.2 Å². The van der Waals surface area contributed by atoms with E-state index in [0.29, 0.717) is 5.02 Å². The second-order valence-electron chi connectivity index (χ2n) is 5.93. The monoisotopic (exact) mass is 353 g/mol. The molecule has 0 aliphatic rings. The van der Waals surface area contributed by atoms with Crippen molar-refractivity contribution in [2.45, 2.75) is 19.9 Å². The van der Waals surface area contributed by atoms with Gasteiger partial charge in [-0.2, -0.15) is 0 Å². The third kappa shape index (κ3) is 5.01. The van der Waals surface area contributed by atoms with Crippen LogP contribution in [-0.2, 0) is 4.79 Å². The van der Waals surface area contributed by atoms with E-state index in [1.54, 1.807) is 12.1 Å². The van der Waals surface area contributed by atoms with E-state index < -0.39 is 5.82 Å². The molecule has 0 spiro atoms. The van der Waals surface area contributed by atoms with E-state index in [2.05, 4.69) is 5.32 Å². The van der Waals surface area contributed by atoms with Crippen molar-refractivity contribution in [1.29, 1.82) is 0 Å². The third-order valence-corrected chi connectivity index (χ3v) is 3.97. The highest BCUT2D eigenvalue weighted by Crippen LogP contribution is 2.20. The molecule has 1 amide bonds. The number of halogens is 3. The zero-order chi connectivity index (χ0) is 17.7. The summed E-state index contributed by atoms with van der Waals surface area (Å²) >= 11 is 5.81. The second-order valence-corrected chi connectivity index (χ2v) is 6.37. The Labute approximate surface area is 145 Å². The van der Waals surface area contributed by atoms with Gasteiger partial charge in [0.15, 0.2) is 6.54 Å². The van der Waals surface area contributed by atoms with Crippen LogP contribution in [0.3, 0.4) is 0 Å². The molecule has 0 heterocycles. The van der Waals surface area contributed by atoms with Crippen molar-refractivity contribution in [2.75, 3.05) is 11.9 Å². The molecule has 2 aromatic rings. The van der Waals surface area contributed by atoms with E-state index >= 15 is 0 Å². The van der Waals surface area contributed by atoms with E-state index in [0.717, 1.165) is 5.56 Å². The molecule has 0 aliphatic carbocycles. The van der Waals surface area contributed by atoms with Crippen LogP contribution >= 0.6 is 11.6 Å². The first-order chi connectivity index (χ1) is 11.4. The van der Waals surface area contributed by atoms with Gasteiger partial charge in [-0.1, -0.05) is 37.6 Å². The summed E-state index contributed by atoms with van der Waals surface area (Å²) in [5.41, 5.74) is 0.997. The van der Waals surface area contributed by atoms with Gasteiger partial charge in [0, 0.05) is 16.5 Å². The van der Waals surface area contributed by atoms with E-state index in [1.165, 1.54) is 30.3 Å². The van der Waals surface area contributed by atoms with Crippen molar-refractivity contribution < 1.29 is 18.9 Å². The molecular weight excluding hydrogens is 334 g/mol. The van der Waals surface area contributed by atoms with E-state index in [-0.39, 0.29) is 35.9 Å². The minimum atomic E-state index is -0.535. The van der Waals surface area contributed by atoms with Crippen LogP contribution in [0.2, 0.25) is 5.02 Å². The average Bonchev–Trinajstić information content (AvgIpc) is 2.52. The van der Waals surface area contributed by atoms with Crippen molar-refractivity contribution in [3.8, 4) is 0 Å². The van der Waals surface area contributed by atoms with Gasteiger partial charge in [-0.15, -0.1) is 0 Å². The molecular formula is C18H20ClF2N2O+. The fraction of sp³-hybridized carbons (Fsp3) is 0.278. The lowest BCUT2D eigenvalue weighted by atomic mass is 9.96. The number of nitrogens with two attached hydrogens (primary N) is 1. The number of nitrogens with one attached hydrogen (secondary N) is 1. The number of carbonyl (C=O) groups excluding carboxylic acids is 1. The summed E-state index contributed by atoms with van der Waals surface area (Å²) in [7, 11) is 0. The van der Waals surface area contributed by atoms with Crippen LogP contribution in [0.25, 0.3) is 0 Å². The van der Waals surface area contributed by atoms with Crippen LogP contribution in [0, 0.1) is 17.6 Å². The van der Waals surface area contributed by atoms with Crippen LogP contribution in [0.15, 0.2) is 42.5 Å². The summed E-state index contributed by atoms with van der Waals surface area (Å²) in [6.45, 7) is 4.17. The van der Waals surface area contributed by atoms with Gasteiger partial charge < -0.3 is 10.6 Å². The first kappa shape index (κ1) is 18.4. The van der Waals surface area contributed by atoms with Crippen molar-refractivity contribution in [3.63, 3.8) is 0 Å². The van der Waals surface area contributed by atoms with Crippen molar-refractivity contribution >= 4 is 23.2 Å². The highest BCUT2D eigenvalue weighted by atomic mass is 35.5. The van der Waals surface area contributed by atoms with Crippen molar-refractivity contribution in [2.24, 2.45) is 5.92 Å². The number of benzene rings is 2. The highest BCUT2D eigenvalue weighted by molar-refractivity contribution is 6.30. The number of anilines is 1. The maximum atomic E-state index is 13.6. The SMILES string of the molecule is CC(C)[C@H]([NH2+]CC(=O)Nc1cc(Cl)ccc1F)c1ccc(F)cc1. The van der Waals surface area contributed by atoms with Gasteiger partial charge in [-0.25, -0.2) is 8.78 Å². The lowest BCUT2D eigenvalue weighted by Crippen LogP contribution is -2.88. The smallest absolute Gasteiger partial charge is 0.279 e. The van der Waals surface area contributed by atoms with Crippen LogP contribution < -0.4 is 10.6 Å². The Morgan fingerprint density at radius 3 is 2.46 bits per heavy atom. The van der Waals surface area contributed by atoms with Gasteiger partial charge in [0.25, 0.3) is 5.91 Å². The van der Waals surface area contributed by atoms with Gasteiger partial charge >= 0.3 is 0 Å². The lowest BCUT2D eigenvalue weighted by molar-refractivity contribution is -0.692. The standard InChI is InChI=1S/C18H19ClF2N2O/c1-11(2)18(12-3-6-14(20)7-4-12)22-10-17(24)23-16-9-13(19)5-8-15(16)21/h3-9,11,18,22H,10H2,1-2H3,(H,23,24)/p+1/t18-/m0/s1. The minimum Gasteiger partial charge on any atom is -0.332 e. The summed E-state index contributed by atoms with van der Waals surface area (Å²) < 4.78 is 26.7. The summed E-state index contributed by atoms with van der Waals surface area (Å²) in [5.74, 6) is -0.919. The molecule has 0 radical (unpaired) electrons. The van der Waals surface area contributed by atoms with Crippen LogP contribution in [0.1, 0.15) is 25.5 Å². The molecule has 0 bridgehead atoms. The molecule has 128 valence electrons. The van der Waals surface area contributed by atoms with Gasteiger partial charge in [0.2, 0.25) is 0 Å². The fourth-order valence-corrected chi connectivity index (χ4v) is 2.68. The Kier molecular flexibility index (Phi) is 6.29. The van der Waals surface area contributed by atoms with Crippen LogP contribution in [0.4, 0.5) is 14.5 Å². The molecule has 0 aliphatic heterocycles. The Morgan fingerprint density at radius 2 is 1.83 bits per heavy atom. The van der Waals surface area contributed by atoms with Crippen LogP contribution in [-0.4, -0.2) is 12.5 Å². The number of carbonyl (C=O) groups is 1. The largest absolute Gasteiger partial charge is 0.332 e. The average molecular weight is 354 g/mol. The summed E-state index contributed by atoms with van der Waals surface area (Å²) in [5, 5.41) is 4.72. The predicted molar refractivity (Wildman–Crippen MR) is 90.8 cm³/mol. The predicted octanol–water partition coefficient (Wildman–Crippen LogP) is 3.52. The minimum absolute atomic E-state index is 0.000517. The molecule has 0 saturated carbocycles. The topological polar surface area (TPSA) is 45.7 Å². The normalized spacial score (nSPS) is 12.2. The molecule has 0 fully saturated rings. The van der Waals surface area contributed by atoms with Gasteiger partial charge in [-0.3, -0.25) is 4.79 Å². The fourth-order valence-electron chi connectivity index (χ4n) is 2.51. The highest BCUT2D eigenvalue weighted by Gasteiger charge is 2.21. The molecule has 1 atom stereocenters. The number of quaternary nitrogens is 1. The van der Waals surface area contributed by atoms with Crippen molar-refractivity contribution in [1.82, 2.24) is 0 Å². The lowest BCUT2D eigenvalue weighted by Gasteiger charge is -2.19. The summed E-state index contributed by atoms with van der Waals surface area (Å²) in [6, 6.07) is 10.2. The zero-order valence-corrected chi connectivity index (χ0v) is 14.3. The molecule has 2 rings (SSSR count). The second kappa shape index (κ2) is 8.22. The zero-order valence-electron chi connectivity index (χ0n) is 13.5. The first-order valence-electron chi connectivity index (χ1n) is 7.70. The van der Waals surface area contributed by atoms with E-state index in [4.69, 9.17) is 11.6 Å². The quantitative estimate of drug-likeness (QED) is 0.820. The number of hydrogen-bond acceptors (Lipinski definition) is 1. The van der Waals surface area contributed by atoms with E-state index in [9.17, 15) is 13.6 Å². The molecule has 24 heavy (non-hydrogen) atoms. The molecule has 0 unspecified atom stereocenters. The maximum Gasteiger partial charge on any atom is 0.279 e. The third-order valence-electron chi connectivity index (χ3n) is 3.73. The Balaban J connectivity index is 2.00. The van der Waals surface area contributed by atoms with Gasteiger partial charge in [-0.05, 0) is 30.3 Å². The Bertz CT molecular complexity index is 705. The molecule has 2 aromatic carbocycles. The van der Waals surface area contributed by atoms with Crippen LogP contribution in [0.5, 0.6) is 0 Å². The molecule has 3 N–H and O–H groups in total. The molecule has 6 heteroatoms. The maximum absolute atomic E-state index is 13.6. The summed E-state index contributed by atoms with van der Waals surface area (Å²) in [6.07, 6.45) is 0. The number of rotatable bonds is 6.